The SMILES string of the molecule is CC(C)CNCc1cc(F)ccc1OC1CCCCCC1. The van der Waals surface area contributed by atoms with Crippen molar-refractivity contribution in [3.8, 4) is 5.75 Å². The highest BCUT2D eigenvalue weighted by atomic mass is 19.1. The molecule has 0 spiro atoms. The van der Waals surface area contributed by atoms with Crippen LogP contribution in [0.4, 0.5) is 4.39 Å². The molecule has 1 aromatic rings. The van der Waals surface area contributed by atoms with Crippen LogP contribution in [0.2, 0.25) is 0 Å². The first-order chi connectivity index (χ1) is 10.1. The van der Waals surface area contributed by atoms with Crippen LogP contribution in [0.3, 0.4) is 0 Å². The Balaban J connectivity index is 1.99. The summed E-state index contributed by atoms with van der Waals surface area (Å²) in [6.07, 6.45) is 7.64. The Bertz CT molecular complexity index is 425. The molecule has 0 amide bonds. The first-order valence-electron chi connectivity index (χ1n) is 8.31. The summed E-state index contributed by atoms with van der Waals surface area (Å²) in [5, 5.41) is 3.37. The largest absolute Gasteiger partial charge is 0.490 e. The number of ether oxygens (including phenoxy) is 1. The third kappa shape index (κ3) is 5.66. The van der Waals surface area contributed by atoms with E-state index in [1.54, 1.807) is 12.1 Å². The van der Waals surface area contributed by atoms with E-state index in [0.717, 1.165) is 30.7 Å². The average molecular weight is 293 g/mol. The summed E-state index contributed by atoms with van der Waals surface area (Å²) in [7, 11) is 0. The lowest BCUT2D eigenvalue weighted by molar-refractivity contribution is 0.181. The molecule has 118 valence electrons. The predicted octanol–water partition coefficient (Wildman–Crippen LogP) is 4.67. The first kappa shape index (κ1) is 16.3. The van der Waals surface area contributed by atoms with Gasteiger partial charge in [0.2, 0.25) is 0 Å². The first-order valence-corrected chi connectivity index (χ1v) is 8.31. The molecule has 0 radical (unpaired) electrons. The molecule has 0 unspecified atom stereocenters. The van der Waals surface area contributed by atoms with Crippen molar-refractivity contribution >= 4 is 0 Å². The van der Waals surface area contributed by atoms with Gasteiger partial charge in [0.25, 0.3) is 0 Å². The maximum atomic E-state index is 13.5. The quantitative estimate of drug-likeness (QED) is 0.769. The Morgan fingerprint density at radius 2 is 1.90 bits per heavy atom. The van der Waals surface area contributed by atoms with Crippen LogP contribution in [0.1, 0.15) is 57.9 Å². The van der Waals surface area contributed by atoms with Gasteiger partial charge in [0.05, 0.1) is 6.10 Å². The van der Waals surface area contributed by atoms with Crippen LogP contribution in [0.15, 0.2) is 18.2 Å². The molecule has 1 N–H and O–H groups in total. The molecule has 1 fully saturated rings. The standard InChI is InChI=1S/C18H28FNO/c1-14(2)12-20-13-15-11-16(19)9-10-18(15)21-17-7-5-3-4-6-8-17/h9-11,14,17,20H,3-8,12-13H2,1-2H3. The molecule has 1 saturated carbocycles. The van der Waals surface area contributed by atoms with Crippen LogP contribution in [-0.2, 0) is 6.54 Å². The fourth-order valence-electron chi connectivity index (χ4n) is 2.84. The van der Waals surface area contributed by atoms with Gasteiger partial charge in [-0.1, -0.05) is 26.7 Å². The Kier molecular flexibility index (Phi) is 6.50. The van der Waals surface area contributed by atoms with Gasteiger partial charge >= 0.3 is 0 Å². The van der Waals surface area contributed by atoms with E-state index in [9.17, 15) is 4.39 Å². The maximum Gasteiger partial charge on any atom is 0.124 e. The third-order valence-electron chi connectivity index (χ3n) is 3.99. The van der Waals surface area contributed by atoms with Gasteiger partial charge in [0.1, 0.15) is 11.6 Å². The van der Waals surface area contributed by atoms with Gasteiger partial charge in [0.15, 0.2) is 0 Å². The second kappa shape index (κ2) is 8.38. The molecule has 0 atom stereocenters. The van der Waals surface area contributed by atoms with Crippen molar-refractivity contribution in [3.05, 3.63) is 29.6 Å². The van der Waals surface area contributed by atoms with Crippen LogP contribution in [0.5, 0.6) is 5.75 Å². The van der Waals surface area contributed by atoms with E-state index in [2.05, 4.69) is 19.2 Å². The minimum atomic E-state index is -0.190. The second-order valence-corrected chi connectivity index (χ2v) is 6.51. The molecular formula is C18H28FNO. The zero-order valence-corrected chi connectivity index (χ0v) is 13.3. The Morgan fingerprint density at radius 3 is 2.57 bits per heavy atom. The molecule has 0 heterocycles. The molecule has 0 bridgehead atoms. The Labute approximate surface area is 128 Å². The predicted molar refractivity (Wildman–Crippen MR) is 85.1 cm³/mol. The summed E-state index contributed by atoms with van der Waals surface area (Å²) >= 11 is 0. The van der Waals surface area contributed by atoms with E-state index in [-0.39, 0.29) is 5.82 Å². The maximum absolute atomic E-state index is 13.5. The molecule has 2 nitrogen and oxygen atoms in total. The van der Waals surface area contributed by atoms with Gasteiger partial charge in [-0.05, 0) is 56.3 Å². The summed E-state index contributed by atoms with van der Waals surface area (Å²) in [6.45, 7) is 5.93. The molecule has 0 saturated heterocycles. The molecule has 1 aliphatic carbocycles. The molecule has 21 heavy (non-hydrogen) atoms. The van der Waals surface area contributed by atoms with Crippen molar-refractivity contribution in [3.63, 3.8) is 0 Å². The van der Waals surface area contributed by atoms with Crippen molar-refractivity contribution < 1.29 is 9.13 Å². The highest BCUT2D eigenvalue weighted by Crippen LogP contribution is 2.26. The van der Waals surface area contributed by atoms with E-state index in [0.29, 0.717) is 18.6 Å². The molecule has 3 heteroatoms. The van der Waals surface area contributed by atoms with E-state index in [4.69, 9.17) is 4.74 Å². The van der Waals surface area contributed by atoms with Gasteiger partial charge in [-0.25, -0.2) is 4.39 Å². The smallest absolute Gasteiger partial charge is 0.124 e. The van der Waals surface area contributed by atoms with E-state index < -0.39 is 0 Å². The van der Waals surface area contributed by atoms with E-state index >= 15 is 0 Å². The number of rotatable bonds is 6. The van der Waals surface area contributed by atoms with E-state index in [1.165, 1.54) is 31.7 Å². The lowest BCUT2D eigenvalue weighted by atomic mass is 10.1. The summed E-state index contributed by atoms with van der Waals surface area (Å²) in [6, 6.07) is 4.88. The second-order valence-electron chi connectivity index (χ2n) is 6.51. The number of hydrogen-bond donors (Lipinski definition) is 1. The number of hydrogen-bond acceptors (Lipinski definition) is 2. The highest BCUT2D eigenvalue weighted by Gasteiger charge is 2.15. The van der Waals surface area contributed by atoms with Crippen LogP contribution in [-0.4, -0.2) is 12.6 Å². The fraction of sp³-hybridized carbons (Fsp3) is 0.667. The Hall–Kier alpha value is -1.09. The fourth-order valence-corrected chi connectivity index (χ4v) is 2.84. The van der Waals surface area contributed by atoms with Crippen LogP contribution < -0.4 is 10.1 Å². The summed E-state index contributed by atoms with van der Waals surface area (Å²) in [5.74, 6) is 1.24. The minimum Gasteiger partial charge on any atom is -0.490 e. The molecule has 1 aliphatic rings. The lowest BCUT2D eigenvalue weighted by Crippen LogP contribution is -2.21. The normalized spacial score (nSPS) is 17.0. The number of benzene rings is 1. The average Bonchev–Trinajstić information content (AvgIpc) is 2.70. The molecular weight excluding hydrogens is 265 g/mol. The molecule has 2 rings (SSSR count). The summed E-state index contributed by atoms with van der Waals surface area (Å²) in [4.78, 5) is 0. The highest BCUT2D eigenvalue weighted by molar-refractivity contribution is 5.34. The number of halogens is 1. The van der Waals surface area contributed by atoms with Gasteiger partial charge in [0, 0.05) is 12.1 Å². The van der Waals surface area contributed by atoms with Crippen LogP contribution in [0.25, 0.3) is 0 Å². The van der Waals surface area contributed by atoms with Crippen molar-refractivity contribution in [2.75, 3.05) is 6.54 Å². The molecule has 0 aromatic heterocycles. The van der Waals surface area contributed by atoms with Gasteiger partial charge in [-0.15, -0.1) is 0 Å². The van der Waals surface area contributed by atoms with Crippen molar-refractivity contribution in [2.24, 2.45) is 5.92 Å². The number of nitrogens with one attached hydrogen (secondary N) is 1. The van der Waals surface area contributed by atoms with Crippen LogP contribution in [0, 0.1) is 11.7 Å². The van der Waals surface area contributed by atoms with Crippen molar-refractivity contribution in [2.45, 2.75) is 65.0 Å². The summed E-state index contributed by atoms with van der Waals surface area (Å²) in [5.41, 5.74) is 0.930. The zero-order valence-electron chi connectivity index (χ0n) is 13.3. The van der Waals surface area contributed by atoms with Crippen molar-refractivity contribution in [1.29, 1.82) is 0 Å². The van der Waals surface area contributed by atoms with Gasteiger partial charge in [-0.3, -0.25) is 0 Å². The van der Waals surface area contributed by atoms with Gasteiger partial charge < -0.3 is 10.1 Å². The lowest BCUT2D eigenvalue weighted by Gasteiger charge is -2.20. The van der Waals surface area contributed by atoms with Crippen LogP contribution >= 0.6 is 0 Å². The van der Waals surface area contributed by atoms with E-state index in [1.807, 2.05) is 0 Å². The van der Waals surface area contributed by atoms with Crippen molar-refractivity contribution in [1.82, 2.24) is 5.32 Å². The third-order valence-corrected chi connectivity index (χ3v) is 3.99. The zero-order chi connectivity index (χ0) is 15.1. The molecule has 1 aromatic carbocycles. The summed E-state index contributed by atoms with van der Waals surface area (Å²) < 4.78 is 19.7. The monoisotopic (exact) mass is 293 g/mol. The minimum absolute atomic E-state index is 0.190. The topological polar surface area (TPSA) is 21.3 Å². The Morgan fingerprint density at radius 1 is 1.19 bits per heavy atom. The van der Waals surface area contributed by atoms with Gasteiger partial charge in [-0.2, -0.15) is 0 Å². The molecule has 0 aliphatic heterocycles.